The average molecular weight is 312 g/mol. The Labute approximate surface area is 135 Å². The van der Waals surface area contributed by atoms with Crippen LogP contribution in [0.15, 0.2) is 36.5 Å². The minimum absolute atomic E-state index is 0.383. The summed E-state index contributed by atoms with van der Waals surface area (Å²) in [4.78, 5) is 20.6. The van der Waals surface area contributed by atoms with Gasteiger partial charge in [-0.05, 0) is 31.0 Å². The summed E-state index contributed by atoms with van der Waals surface area (Å²) in [7, 11) is 1.37. The number of benzene rings is 1. The molecule has 2 aromatic rings. The van der Waals surface area contributed by atoms with Crippen molar-refractivity contribution >= 4 is 23.4 Å². The van der Waals surface area contributed by atoms with Gasteiger partial charge in [0.1, 0.15) is 5.82 Å². The number of carbonyl (C=O) groups excluding carboxylic acids is 1. The standard InChI is InChI=1S/C17H20N4O2/c1-23-16(22)13-8-4-5-9-14(13)20-15-10-11-18-17(21-15)19-12-6-2-3-7-12/h4-5,8-12H,2-3,6-7H2,1H3,(H2,18,19,20,21). The molecule has 3 rings (SSSR count). The lowest BCUT2D eigenvalue weighted by Crippen LogP contribution is -2.16. The van der Waals surface area contributed by atoms with Crippen LogP contribution in [-0.2, 0) is 4.74 Å². The number of hydrogen-bond donors (Lipinski definition) is 2. The van der Waals surface area contributed by atoms with E-state index in [2.05, 4.69) is 20.6 Å². The number of carbonyl (C=O) groups is 1. The molecule has 0 bridgehead atoms. The van der Waals surface area contributed by atoms with Crippen LogP contribution in [0.3, 0.4) is 0 Å². The third-order valence-corrected chi connectivity index (χ3v) is 3.94. The van der Waals surface area contributed by atoms with Crippen LogP contribution in [-0.4, -0.2) is 29.1 Å². The summed E-state index contributed by atoms with van der Waals surface area (Å²) in [6, 6.07) is 9.41. The van der Waals surface area contributed by atoms with E-state index in [1.54, 1.807) is 24.4 Å². The van der Waals surface area contributed by atoms with Crippen molar-refractivity contribution in [1.82, 2.24) is 9.97 Å². The highest BCUT2D eigenvalue weighted by Gasteiger charge is 2.16. The van der Waals surface area contributed by atoms with Gasteiger partial charge in [0.25, 0.3) is 0 Å². The van der Waals surface area contributed by atoms with Crippen molar-refractivity contribution in [1.29, 1.82) is 0 Å². The van der Waals surface area contributed by atoms with Gasteiger partial charge < -0.3 is 15.4 Å². The monoisotopic (exact) mass is 312 g/mol. The quantitative estimate of drug-likeness (QED) is 0.825. The van der Waals surface area contributed by atoms with Crippen LogP contribution in [0, 0.1) is 0 Å². The summed E-state index contributed by atoms with van der Waals surface area (Å²) in [5.41, 5.74) is 1.13. The van der Waals surface area contributed by atoms with Crippen LogP contribution in [0.4, 0.5) is 17.5 Å². The Morgan fingerprint density at radius 3 is 2.78 bits per heavy atom. The van der Waals surface area contributed by atoms with Gasteiger partial charge in [0, 0.05) is 12.2 Å². The molecular formula is C17H20N4O2. The summed E-state index contributed by atoms with van der Waals surface area (Å²) in [5, 5.41) is 6.52. The fraction of sp³-hybridized carbons (Fsp3) is 0.353. The van der Waals surface area contributed by atoms with E-state index in [1.165, 1.54) is 20.0 Å². The van der Waals surface area contributed by atoms with Crippen molar-refractivity contribution in [3.05, 3.63) is 42.1 Å². The normalized spacial score (nSPS) is 14.5. The van der Waals surface area contributed by atoms with Crippen molar-refractivity contribution in [3.8, 4) is 0 Å². The Bertz CT molecular complexity index is 684. The van der Waals surface area contributed by atoms with Crippen LogP contribution >= 0.6 is 0 Å². The molecule has 0 radical (unpaired) electrons. The summed E-state index contributed by atoms with van der Waals surface area (Å²) >= 11 is 0. The molecule has 0 spiro atoms. The second-order valence-corrected chi connectivity index (χ2v) is 5.55. The number of aromatic nitrogens is 2. The Morgan fingerprint density at radius 2 is 2.00 bits per heavy atom. The van der Waals surface area contributed by atoms with E-state index < -0.39 is 0 Å². The Kier molecular flexibility index (Phi) is 4.71. The molecule has 1 saturated carbocycles. The number of para-hydroxylation sites is 1. The fourth-order valence-corrected chi connectivity index (χ4v) is 2.77. The van der Waals surface area contributed by atoms with Crippen LogP contribution < -0.4 is 10.6 Å². The van der Waals surface area contributed by atoms with Gasteiger partial charge in [-0.1, -0.05) is 25.0 Å². The minimum Gasteiger partial charge on any atom is -0.465 e. The SMILES string of the molecule is COC(=O)c1ccccc1Nc1ccnc(NC2CCCC2)n1. The van der Waals surface area contributed by atoms with E-state index >= 15 is 0 Å². The molecule has 1 aliphatic rings. The lowest BCUT2D eigenvalue weighted by Gasteiger charge is -2.13. The summed E-state index contributed by atoms with van der Waals surface area (Å²) in [6.07, 6.45) is 6.52. The van der Waals surface area contributed by atoms with E-state index in [0.717, 1.165) is 12.8 Å². The third kappa shape index (κ3) is 3.77. The smallest absolute Gasteiger partial charge is 0.339 e. The Hall–Kier alpha value is -2.63. The predicted molar refractivity (Wildman–Crippen MR) is 89.0 cm³/mol. The number of hydrogen-bond acceptors (Lipinski definition) is 6. The Balaban J connectivity index is 1.76. The molecule has 1 aliphatic carbocycles. The molecule has 6 heteroatoms. The van der Waals surface area contributed by atoms with E-state index in [9.17, 15) is 4.79 Å². The van der Waals surface area contributed by atoms with Gasteiger partial charge in [0.15, 0.2) is 0 Å². The van der Waals surface area contributed by atoms with Crippen LogP contribution in [0.1, 0.15) is 36.0 Å². The first-order valence-corrected chi connectivity index (χ1v) is 7.80. The van der Waals surface area contributed by atoms with Gasteiger partial charge >= 0.3 is 5.97 Å². The van der Waals surface area contributed by atoms with Crippen molar-refractivity contribution in [3.63, 3.8) is 0 Å². The number of anilines is 3. The molecule has 1 aromatic carbocycles. The van der Waals surface area contributed by atoms with Gasteiger partial charge in [-0.3, -0.25) is 0 Å². The second kappa shape index (κ2) is 7.09. The number of nitrogens with one attached hydrogen (secondary N) is 2. The molecule has 0 amide bonds. The molecule has 0 saturated heterocycles. The van der Waals surface area contributed by atoms with Gasteiger partial charge in [0.2, 0.25) is 5.95 Å². The first kappa shape index (κ1) is 15.3. The van der Waals surface area contributed by atoms with Gasteiger partial charge in [-0.2, -0.15) is 4.98 Å². The number of rotatable bonds is 5. The largest absolute Gasteiger partial charge is 0.465 e. The van der Waals surface area contributed by atoms with E-state index in [1.807, 2.05) is 12.1 Å². The van der Waals surface area contributed by atoms with Crippen molar-refractivity contribution in [2.45, 2.75) is 31.7 Å². The maximum atomic E-state index is 11.8. The summed E-state index contributed by atoms with van der Waals surface area (Å²) in [5.74, 6) is 0.862. The third-order valence-electron chi connectivity index (χ3n) is 3.94. The first-order valence-electron chi connectivity index (χ1n) is 7.80. The topological polar surface area (TPSA) is 76.1 Å². The highest BCUT2D eigenvalue weighted by Crippen LogP contribution is 2.23. The predicted octanol–water partition coefficient (Wildman–Crippen LogP) is 3.36. The number of esters is 1. The molecule has 1 aromatic heterocycles. The minimum atomic E-state index is -0.383. The molecule has 23 heavy (non-hydrogen) atoms. The highest BCUT2D eigenvalue weighted by atomic mass is 16.5. The van der Waals surface area contributed by atoms with Gasteiger partial charge in [-0.25, -0.2) is 9.78 Å². The van der Waals surface area contributed by atoms with E-state index in [-0.39, 0.29) is 5.97 Å². The molecule has 1 fully saturated rings. The summed E-state index contributed by atoms with van der Waals surface area (Å²) in [6.45, 7) is 0. The highest BCUT2D eigenvalue weighted by molar-refractivity contribution is 5.96. The van der Waals surface area contributed by atoms with Crippen LogP contribution in [0.2, 0.25) is 0 Å². The van der Waals surface area contributed by atoms with Crippen molar-refractivity contribution in [2.75, 3.05) is 17.7 Å². The molecular weight excluding hydrogens is 292 g/mol. The average Bonchev–Trinajstić information content (AvgIpc) is 3.08. The molecule has 1 heterocycles. The number of nitrogens with zero attached hydrogens (tertiary/aromatic N) is 2. The zero-order chi connectivity index (χ0) is 16.1. The van der Waals surface area contributed by atoms with Gasteiger partial charge in [-0.15, -0.1) is 0 Å². The zero-order valence-corrected chi connectivity index (χ0v) is 13.1. The van der Waals surface area contributed by atoms with Gasteiger partial charge in [0.05, 0.1) is 18.4 Å². The maximum Gasteiger partial charge on any atom is 0.339 e. The summed E-state index contributed by atoms with van der Waals surface area (Å²) < 4.78 is 4.80. The molecule has 0 unspecified atom stereocenters. The lowest BCUT2D eigenvalue weighted by atomic mass is 10.2. The molecule has 120 valence electrons. The van der Waals surface area contributed by atoms with E-state index in [4.69, 9.17) is 4.74 Å². The zero-order valence-electron chi connectivity index (χ0n) is 13.1. The number of methoxy groups -OCH3 is 1. The van der Waals surface area contributed by atoms with Crippen LogP contribution in [0.5, 0.6) is 0 Å². The molecule has 0 atom stereocenters. The van der Waals surface area contributed by atoms with Crippen molar-refractivity contribution in [2.24, 2.45) is 0 Å². The van der Waals surface area contributed by atoms with Crippen LogP contribution in [0.25, 0.3) is 0 Å². The maximum absolute atomic E-state index is 11.8. The Morgan fingerprint density at radius 1 is 1.22 bits per heavy atom. The fourth-order valence-electron chi connectivity index (χ4n) is 2.77. The first-order chi connectivity index (χ1) is 11.3. The lowest BCUT2D eigenvalue weighted by molar-refractivity contribution is 0.0602. The second-order valence-electron chi connectivity index (χ2n) is 5.55. The molecule has 0 aliphatic heterocycles. The van der Waals surface area contributed by atoms with E-state index in [0.29, 0.717) is 29.1 Å². The molecule has 6 nitrogen and oxygen atoms in total. The molecule has 2 N–H and O–H groups in total. The number of ether oxygens (including phenoxy) is 1. The van der Waals surface area contributed by atoms with Crippen molar-refractivity contribution < 1.29 is 9.53 Å².